The van der Waals surface area contributed by atoms with Gasteiger partial charge < -0.3 is 16.0 Å². The quantitative estimate of drug-likeness (QED) is 0.871. The van der Waals surface area contributed by atoms with Crippen LogP contribution in [0.15, 0.2) is 24.3 Å². The number of amides is 2. The minimum atomic E-state index is -0.493. The zero-order valence-electron chi connectivity index (χ0n) is 12.1. The summed E-state index contributed by atoms with van der Waals surface area (Å²) < 4.78 is 0. The highest BCUT2D eigenvalue weighted by Gasteiger charge is 2.13. The summed E-state index contributed by atoms with van der Waals surface area (Å²) in [5.41, 5.74) is 6.95. The lowest BCUT2D eigenvalue weighted by atomic mass is 10.1. The molecule has 20 heavy (non-hydrogen) atoms. The van der Waals surface area contributed by atoms with Crippen molar-refractivity contribution in [1.29, 1.82) is 0 Å². The molecular weight excluding hydrogens is 278 g/mol. The molecule has 1 aromatic carbocycles. The van der Waals surface area contributed by atoms with Crippen LogP contribution in [-0.2, 0) is 4.79 Å². The van der Waals surface area contributed by atoms with Gasteiger partial charge in [-0.2, -0.15) is 0 Å². The number of nitrogens with one attached hydrogen (secondary N) is 1. The Labute approximate surface area is 125 Å². The van der Waals surface area contributed by atoms with Crippen molar-refractivity contribution in [2.75, 3.05) is 19.4 Å². The van der Waals surface area contributed by atoms with Crippen LogP contribution in [0.3, 0.4) is 0 Å². The molecule has 0 spiro atoms. The fourth-order valence-electron chi connectivity index (χ4n) is 1.63. The smallest absolute Gasteiger partial charge is 0.253 e. The molecule has 0 saturated heterocycles. The molecule has 0 heterocycles. The van der Waals surface area contributed by atoms with Gasteiger partial charge in [0.15, 0.2) is 0 Å². The largest absolute Gasteiger partial charge is 0.345 e. The molecule has 0 aliphatic rings. The first kappa shape index (κ1) is 18.4. The Balaban J connectivity index is 0.00000361. The van der Waals surface area contributed by atoms with Gasteiger partial charge in [-0.3, -0.25) is 9.59 Å². The van der Waals surface area contributed by atoms with Gasteiger partial charge in [-0.05, 0) is 30.7 Å². The summed E-state index contributed by atoms with van der Waals surface area (Å²) in [5.74, 6) is -0.269. The Bertz CT molecular complexity index is 446. The molecule has 0 aromatic heterocycles. The van der Waals surface area contributed by atoms with Crippen LogP contribution in [0.25, 0.3) is 0 Å². The summed E-state index contributed by atoms with van der Waals surface area (Å²) in [6.07, 6.45) is 1.52. The van der Waals surface area contributed by atoms with Crippen molar-refractivity contribution < 1.29 is 9.59 Å². The molecule has 0 bridgehead atoms. The van der Waals surface area contributed by atoms with E-state index >= 15 is 0 Å². The lowest BCUT2D eigenvalue weighted by molar-refractivity contribution is -0.117. The minimum absolute atomic E-state index is 0. The van der Waals surface area contributed by atoms with E-state index in [0.29, 0.717) is 17.7 Å². The monoisotopic (exact) mass is 299 g/mol. The van der Waals surface area contributed by atoms with Crippen molar-refractivity contribution in [3.63, 3.8) is 0 Å². The van der Waals surface area contributed by atoms with E-state index in [1.54, 1.807) is 38.4 Å². The molecule has 5 nitrogen and oxygen atoms in total. The zero-order chi connectivity index (χ0) is 14.4. The average Bonchev–Trinajstić information content (AvgIpc) is 2.38. The number of hydrogen-bond acceptors (Lipinski definition) is 3. The number of rotatable bonds is 5. The Kier molecular flexibility index (Phi) is 7.87. The van der Waals surface area contributed by atoms with Gasteiger partial charge in [0.1, 0.15) is 0 Å². The van der Waals surface area contributed by atoms with Crippen LogP contribution >= 0.6 is 12.4 Å². The molecule has 112 valence electrons. The van der Waals surface area contributed by atoms with Crippen LogP contribution in [0.4, 0.5) is 5.69 Å². The third-order valence-electron chi connectivity index (χ3n) is 2.74. The van der Waals surface area contributed by atoms with E-state index in [1.165, 1.54) is 4.90 Å². The second-order valence-corrected chi connectivity index (χ2v) is 4.66. The molecule has 1 aromatic rings. The lowest BCUT2D eigenvalue weighted by Crippen LogP contribution is -2.35. The van der Waals surface area contributed by atoms with Crippen molar-refractivity contribution in [2.45, 2.75) is 25.8 Å². The maximum atomic E-state index is 11.7. The number of anilines is 1. The van der Waals surface area contributed by atoms with E-state index < -0.39 is 6.04 Å². The van der Waals surface area contributed by atoms with E-state index in [0.717, 1.165) is 6.42 Å². The van der Waals surface area contributed by atoms with E-state index in [9.17, 15) is 9.59 Å². The standard InChI is InChI=1S/C14H21N3O2.ClH/c1-4-5-12(15)13(18)16-11-8-6-10(7-9-11)14(19)17(2)3;/h6-9,12H,4-5,15H2,1-3H3,(H,16,18);1H. The summed E-state index contributed by atoms with van der Waals surface area (Å²) in [4.78, 5) is 24.9. The lowest BCUT2D eigenvalue weighted by Gasteiger charge is -2.13. The highest BCUT2D eigenvalue weighted by molar-refractivity contribution is 5.96. The third kappa shape index (κ3) is 5.19. The SMILES string of the molecule is CCCC(N)C(=O)Nc1ccc(C(=O)N(C)C)cc1.Cl. The van der Waals surface area contributed by atoms with Crippen molar-refractivity contribution in [2.24, 2.45) is 5.73 Å². The molecule has 0 aliphatic carbocycles. The second-order valence-electron chi connectivity index (χ2n) is 4.66. The van der Waals surface area contributed by atoms with Gasteiger partial charge in [0, 0.05) is 25.3 Å². The van der Waals surface area contributed by atoms with Gasteiger partial charge in [0.05, 0.1) is 6.04 Å². The van der Waals surface area contributed by atoms with Gasteiger partial charge in [-0.1, -0.05) is 13.3 Å². The molecule has 6 heteroatoms. The Morgan fingerprint density at radius 1 is 1.25 bits per heavy atom. The molecule has 3 N–H and O–H groups in total. The van der Waals surface area contributed by atoms with Gasteiger partial charge in [0.2, 0.25) is 5.91 Å². The molecular formula is C14H22ClN3O2. The Morgan fingerprint density at radius 3 is 2.25 bits per heavy atom. The van der Waals surface area contributed by atoms with Crippen LogP contribution < -0.4 is 11.1 Å². The maximum absolute atomic E-state index is 11.7. The summed E-state index contributed by atoms with van der Waals surface area (Å²) >= 11 is 0. The molecule has 1 atom stereocenters. The molecule has 0 aliphatic heterocycles. The molecule has 0 saturated carbocycles. The van der Waals surface area contributed by atoms with Crippen LogP contribution in [0.2, 0.25) is 0 Å². The highest BCUT2D eigenvalue weighted by Crippen LogP contribution is 2.11. The maximum Gasteiger partial charge on any atom is 0.253 e. The number of halogens is 1. The predicted molar refractivity (Wildman–Crippen MR) is 83.2 cm³/mol. The number of hydrogen-bond donors (Lipinski definition) is 2. The summed E-state index contributed by atoms with van der Waals surface area (Å²) in [6.45, 7) is 1.98. The topological polar surface area (TPSA) is 75.4 Å². The van der Waals surface area contributed by atoms with Gasteiger partial charge in [-0.25, -0.2) is 0 Å². The normalized spacial score (nSPS) is 11.2. The van der Waals surface area contributed by atoms with Crippen LogP contribution in [0.5, 0.6) is 0 Å². The summed E-state index contributed by atoms with van der Waals surface area (Å²) in [7, 11) is 3.39. The zero-order valence-corrected chi connectivity index (χ0v) is 12.9. The molecule has 0 fully saturated rings. The number of nitrogens with zero attached hydrogens (tertiary/aromatic N) is 1. The minimum Gasteiger partial charge on any atom is -0.345 e. The number of carbonyl (C=O) groups excluding carboxylic acids is 2. The molecule has 1 unspecified atom stereocenters. The fourth-order valence-corrected chi connectivity index (χ4v) is 1.63. The third-order valence-corrected chi connectivity index (χ3v) is 2.74. The summed E-state index contributed by atoms with van der Waals surface area (Å²) in [5, 5.41) is 2.73. The van der Waals surface area contributed by atoms with Crippen LogP contribution in [-0.4, -0.2) is 36.9 Å². The Morgan fingerprint density at radius 2 is 1.80 bits per heavy atom. The number of benzene rings is 1. The average molecular weight is 300 g/mol. The van der Waals surface area contributed by atoms with Gasteiger partial charge in [0.25, 0.3) is 5.91 Å². The van der Waals surface area contributed by atoms with Crippen molar-refractivity contribution in [3.8, 4) is 0 Å². The van der Waals surface area contributed by atoms with Crippen LogP contribution in [0.1, 0.15) is 30.1 Å². The van der Waals surface area contributed by atoms with E-state index in [-0.39, 0.29) is 24.2 Å². The predicted octanol–water partition coefficient (Wildman–Crippen LogP) is 1.88. The van der Waals surface area contributed by atoms with E-state index in [4.69, 9.17) is 5.73 Å². The highest BCUT2D eigenvalue weighted by atomic mass is 35.5. The van der Waals surface area contributed by atoms with Crippen LogP contribution in [0, 0.1) is 0 Å². The molecule has 2 amide bonds. The number of nitrogens with two attached hydrogens (primary N) is 1. The van der Waals surface area contributed by atoms with Crippen molar-refractivity contribution >= 4 is 29.9 Å². The molecule has 0 radical (unpaired) electrons. The second kappa shape index (κ2) is 8.55. The molecule has 1 rings (SSSR count). The van der Waals surface area contributed by atoms with E-state index in [1.807, 2.05) is 6.92 Å². The van der Waals surface area contributed by atoms with Gasteiger partial charge >= 0.3 is 0 Å². The Hall–Kier alpha value is -1.59. The first-order valence-corrected chi connectivity index (χ1v) is 6.34. The van der Waals surface area contributed by atoms with Gasteiger partial charge in [-0.15, -0.1) is 12.4 Å². The fraction of sp³-hybridized carbons (Fsp3) is 0.429. The number of carbonyl (C=O) groups is 2. The first-order valence-electron chi connectivity index (χ1n) is 6.34. The van der Waals surface area contributed by atoms with E-state index in [2.05, 4.69) is 5.32 Å². The first-order chi connectivity index (χ1) is 8.95. The van der Waals surface area contributed by atoms with Crippen molar-refractivity contribution in [1.82, 2.24) is 4.90 Å². The summed E-state index contributed by atoms with van der Waals surface area (Å²) in [6, 6.07) is 6.28. The van der Waals surface area contributed by atoms with Crippen molar-refractivity contribution in [3.05, 3.63) is 29.8 Å².